The first kappa shape index (κ1) is 17.0. The molecule has 2 aromatic rings. The SMILES string of the molecule is CCC(=O)c1c(NC(=O)c2cc(Cl)ccc2O)sc2c1CCCC2. The van der Waals surface area contributed by atoms with Gasteiger partial charge in [-0.25, -0.2) is 0 Å². The van der Waals surface area contributed by atoms with Gasteiger partial charge >= 0.3 is 0 Å². The van der Waals surface area contributed by atoms with E-state index in [0.717, 1.165) is 31.2 Å². The summed E-state index contributed by atoms with van der Waals surface area (Å²) in [5.41, 5.74) is 1.83. The number of amides is 1. The van der Waals surface area contributed by atoms with Crippen molar-refractivity contribution < 1.29 is 14.7 Å². The Bertz CT molecular complexity index is 813. The molecule has 1 aliphatic carbocycles. The van der Waals surface area contributed by atoms with Crippen molar-refractivity contribution in [2.75, 3.05) is 5.32 Å². The molecule has 3 rings (SSSR count). The number of halogens is 1. The van der Waals surface area contributed by atoms with E-state index in [2.05, 4.69) is 5.32 Å². The number of hydrogen-bond donors (Lipinski definition) is 2. The number of aromatic hydroxyl groups is 1. The Morgan fingerprint density at radius 1 is 1.29 bits per heavy atom. The van der Waals surface area contributed by atoms with E-state index < -0.39 is 5.91 Å². The van der Waals surface area contributed by atoms with Gasteiger partial charge in [0.05, 0.1) is 11.1 Å². The maximum Gasteiger partial charge on any atom is 0.260 e. The summed E-state index contributed by atoms with van der Waals surface area (Å²) in [4.78, 5) is 26.1. The number of aryl methyl sites for hydroxylation is 1. The molecule has 1 heterocycles. The summed E-state index contributed by atoms with van der Waals surface area (Å²) < 4.78 is 0. The van der Waals surface area contributed by atoms with Crippen LogP contribution in [0.5, 0.6) is 5.75 Å². The lowest BCUT2D eigenvalue weighted by Crippen LogP contribution is -2.14. The molecule has 1 amide bonds. The molecule has 126 valence electrons. The maximum atomic E-state index is 12.5. The summed E-state index contributed by atoms with van der Waals surface area (Å²) in [6.45, 7) is 1.82. The summed E-state index contributed by atoms with van der Waals surface area (Å²) in [6, 6.07) is 4.32. The molecule has 0 spiro atoms. The molecule has 0 saturated heterocycles. The van der Waals surface area contributed by atoms with Crippen molar-refractivity contribution >= 4 is 39.6 Å². The van der Waals surface area contributed by atoms with E-state index in [1.54, 1.807) is 0 Å². The lowest BCUT2D eigenvalue weighted by Gasteiger charge is -2.12. The predicted molar refractivity (Wildman–Crippen MR) is 96.7 cm³/mol. The Morgan fingerprint density at radius 3 is 2.79 bits per heavy atom. The number of nitrogens with one attached hydrogen (secondary N) is 1. The van der Waals surface area contributed by atoms with Crippen LogP contribution in [0, 0.1) is 0 Å². The molecular formula is C18H18ClNO3S. The highest BCUT2D eigenvalue weighted by atomic mass is 35.5. The molecule has 0 bridgehead atoms. The van der Waals surface area contributed by atoms with E-state index in [9.17, 15) is 14.7 Å². The molecule has 1 aliphatic rings. The van der Waals surface area contributed by atoms with Crippen LogP contribution in [0.4, 0.5) is 5.00 Å². The van der Waals surface area contributed by atoms with Crippen LogP contribution in [-0.4, -0.2) is 16.8 Å². The van der Waals surface area contributed by atoms with Crippen LogP contribution in [-0.2, 0) is 12.8 Å². The highest BCUT2D eigenvalue weighted by molar-refractivity contribution is 7.17. The van der Waals surface area contributed by atoms with Gasteiger partial charge in [0, 0.05) is 16.3 Å². The van der Waals surface area contributed by atoms with E-state index in [-0.39, 0.29) is 17.1 Å². The predicted octanol–water partition coefficient (Wildman–Crippen LogP) is 4.83. The van der Waals surface area contributed by atoms with Gasteiger partial charge in [0.25, 0.3) is 5.91 Å². The van der Waals surface area contributed by atoms with Crippen LogP contribution in [0.2, 0.25) is 5.02 Å². The maximum absolute atomic E-state index is 12.5. The van der Waals surface area contributed by atoms with Crippen molar-refractivity contribution in [2.45, 2.75) is 39.0 Å². The van der Waals surface area contributed by atoms with Gasteiger partial charge in [-0.1, -0.05) is 18.5 Å². The summed E-state index contributed by atoms with van der Waals surface area (Å²) in [7, 11) is 0. The van der Waals surface area contributed by atoms with Crippen LogP contribution in [0.25, 0.3) is 0 Å². The van der Waals surface area contributed by atoms with Crippen LogP contribution >= 0.6 is 22.9 Å². The summed E-state index contributed by atoms with van der Waals surface area (Å²) in [5, 5.41) is 13.6. The molecule has 0 fully saturated rings. The average molecular weight is 364 g/mol. The second-order valence-electron chi connectivity index (χ2n) is 5.81. The fraction of sp³-hybridized carbons (Fsp3) is 0.333. The van der Waals surface area contributed by atoms with Gasteiger partial charge in [0.2, 0.25) is 0 Å². The lowest BCUT2D eigenvalue weighted by molar-refractivity contribution is 0.0988. The first-order valence-electron chi connectivity index (χ1n) is 7.98. The summed E-state index contributed by atoms with van der Waals surface area (Å²) in [6.07, 6.45) is 4.40. The van der Waals surface area contributed by atoms with Crippen molar-refractivity contribution in [3.63, 3.8) is 0 Å². The van der Waals surface area contributed by atoms with Gasteiger partial charge in [0.15, 0.2) is 5.78 Å². The van der Waals surface area contributed by atoms with Gasteiger partial charge in [-0.05, 0) is 49.4 Å². The highest BCUT2D eigenvalue weighted by Crippen LogP contribution is 2.39. The third kappa shape index (κ3) is 3.19. The van der Waals surface area contributed by atoms with Gasteiger partial charge < -0.3 is 10.4 Å². The lowest BCUT2D eigenvalue weighted by atomic mass is 9.93. The quantitative estimate of drug-likeness (QED) is 0.764. The molecule has 24 heavy (non-hydrogen) atoms. The smallest absolute Gasteiger partial charge is 0.260 e. The van der Waals surface area contributed by atoms with Crippen molar-refractivity contribution in [3.05, 3.63) is 44.8 Å². The number of hydrogen-bond acceptors (Lipinski definition) is 4. The van der Waals surface area contributed by atoms with Crippen LogP contribution in [0.3, 0.4) is 0 Å². The van der Waals surface area contributed by atoms with E-state index in [4.69, 9.17) is 11.6 Å². The molecule has 0 aliphatic heterocycles. The molecule has 6 heteroatoms. The second kappa shape index (κ2) is 6.95. The average Bonchev–Trinajstić information content (AvgIpc) is 2.94. The number of phenolic OH excluding ortho intramolecular Hbond substituents is 1. The van der Waals surface area contributed by atoms with E-state index >= 15 is 0 Å². The molecule has 2 N–H and O–H groups in total. The molecule has 0 unspecified atom stereocenters. The minimum absolute atomic E-state index is 0.0417. The Labute approximate surface area is 149 Å². The van der Waals surface area contributed by atoms with Crippen LogP contribution in [0.1, 0.15) is 57.3 Å². The van der Waals surface area contributed by atoms with Crippen molar-refractivity contribution in [1.82, 2.24) is 0 Å². The number of anilines is 1. The van der Waals surface area contributed by atoms with E-state index in [0.29, 0.717) is 22.0 Å². The fourth-order valence-electron chi connectivity index (χ4n) is 2.99. The number of carbonyl (C=O) groups excluding carboxylic acids is 2. The Hall–Kier alpha value is -1.85. The molecule has 4 nitrogen and oxygen atoms in total. The minimum atomic E-state index is -0.459. The second-order valence-corrected chi connectivity index (χ2v) is 7.35. The summed E-state index contributed by atoms with van der Waals surface area (Å²) in [5.74, 6) is -0.555. The van der Waals surface area contributed by atoms with Crippen molar-refractivity contribution in [2.24, 2.45) is 0 Å². The number of carbonyl (C=O) groups is 2. The topological polar surface area (TPSA) is 66.4 Å². The number of rotatable bonds is 4. The first-order valence-corrected chi connectivity index (χ1v) is 9.18. The number of benzene rings is 1. The largest absolute Gasteiger partial charge is 0.507 e. The number of phenols is 1. The highest BCUT2D eigenvalue weighted by Gasteiger charge is 2.26. The zero-order valence-corrected chi connectivity index (χ0v) is 14.9. The molecular weight excluding hydrogens is 346 g/mol. The number of thiophene rings is 1. The van der Waals surface area contributed by atoms with E-state index in [1.165, 1.54) is 34.4 Å². The number of Topliss-reactive ketones (excluding diaryl/α,β-unsaturated/α-hetero) is 1. The van der Waals surface area contributed by atoms with Crippen LogP contribution < -0.4 is 5.32 Å². The molecule has 0 atom stereocenters. The van der Waals surface area contributed by atoms with Crippen molar-refractivity contribution in [1.29, 1.82) is 0 Å². The zero-order valence-electron chi connectivity index (χ0n) is 13.3. The van der Waals surface area contributed by atoms with Crippen molar-refractivity contribution in [3.8, 4) is 5.75 Å². The molecule has 0 saturated carbocycles. The van der Waals surface area contributed by atoms with Gasteiger partial charge in [0.1, 0.15) is 10.8 Å². The minimum Gasteiger partial charge on any atom is -0.507 e. The van der Waals surface area contributed by atoms with E-state index in [1.807, 2.05) is 6.92 Å². The molecule has 0 radical (unpaired) electrons. The third-order valence-corrected chi connectivity index (χ3v) is 5.64. The van der Waals surface area contributed by atoms with Gasteiger partial charge in [-0.3, -0.25) is 9.59 Å². The molecule has 1 aromatic heterocycles. The Morgan fingerprint density at radius 2 is 2.04 bits per heavy atom. The van der Waals surface area contributed by atoms with Gasteiger partial charge in [-0.2, -0.15) is 0 Å². The molecule has 1 aromatic carbocycles. The number of fused-ring (bicyclic) bond motifs is 1. The number of ketones is 1. The Balaban J connectivity index is 1.97. The summed E-state index contributed by atoms with van der Waals surface area (Å²) >= 11 is 7.38. The standard InChI is InChI=1S/C18H18ClNO3S/c1-2-13(21)16-11-5-3-4-6-15(11)24-18(16)20-17(23)12-9-10(19)7-8-14(12)22/h7-9,22H,2-6H2,1H3,(H,20,23). The first-order chi connectivity index (χ1) is 11.5. The zero-order chi connectivity index (χ0) is 17.3. The van der Waals surface area contributed by atoms with Gasteiger partial charge in [-0.15, -0.1) is 11.3 Å². The third-order valence-electron chi connectivity index (χ3n) is 4.20. The Kier molecular flexibility index (Phi) is 4.92. The monoisotopic (exact) mass is 363 g/mol. The fourth-order valence-corrected chi connectivity index (χ4v) is 4.46. The normalized spacial score (nSPS) is 13.4. The van der Waals surface area contributed by atoms with Crippen LogP contribution in [0.15, 0.2) is 18.2 Å².